The highest BCUT2D eigenvalue weighted by Crippen LogP contribution is 2.26. The van der Waals surface area contributed by atoms with Crippen molar-refractivity contribution in [2.75, 3.05) is 33.7 Å². The van der Waals surface area contributed by atoms with Gasteiger partial charge in [-0.2, -0.15) is 0 Å². The van der Waals surface area contributed by atoms with Gasteiger partial charge in [-0.15, -0.1) is 0 Å². The predicted molar refractivity (Wildman–Crippen MR) is 75.6 cm³/mol. The van der Waals surface area contributed by atoms with Gasteiger partial charge in [-0.05, 0) is 40.3 Å². The predicted octanol–water partition coefficient (Wildman–Crippen LogP) is 1.17. The fourth-order valence-electron chi connectivity index (χ4n) is 2.55. The number of rotatable bonds is 4. The SMILES string of the molecule is CNCC1C(=O)N(CC(C)C)C(C)(C)CCN1C. The zero-order valence-corrected chi connectivity index (χ0v) is 12.8. The molecule has 1 N–H and O–H groups in total. The second-order valence-corrected chi connectivity index (χ2v) is 6.46. The Morgan fingerprint density at radius 2 is 2.06 bits per heavy atom. The van der Waals surface area contributed by atoms with Crippen LogP contribution in [0.25, 0.3) is 0 Å². The smallest absolute Gasteiger partial charge is 0.241 e. The fourth-order valence-corrected chi connectivity index (χ4v) is 2.55. The van der Waals surface area contributed by atoms with Crippen molar-refractivity contribution in [2.45, 2.75) is 45.7 Å². The van der Waals surface area contributed by atoms with Crippen LogP contribution in [0, 0.1) is 5.92 Å². The summed E-state index contributed by atoms with van der Waals surface area (Å²) < 4.78 is 0. The number of hydrogen-bond acceptors (Lipinski definition) is 3. The molecule has 0 spiro atoms. The van der Waals surface area contributed by atoms with Gasteiger partial charge in [-0.1, -0.05) is 13.8 Å². The first-order chi connectivity index (χ1) is 8.29. The van der Waals surface area contributed by atoms with E-state index in [9.17, 15) is 4.79 Å². The average molecular weight is 255 g/mol. The van der Waals surface area contributed by atoms with Gasteiger partial charge in [0.25, 0.3) is 0 Å². The van der Waals surface area contributed by atoms with Gasteiger partial charge in [0.05, 0.1) is 0 Å². The summed E-state index contributed by atoms with van der Waals surface area (Å²) in [6.45, 7) is 11.3. The Balaban J connectivity index is 2.97. The molecule has 1 aliphatic heterocycles. The van der Waals surface area contributed by atoms with Gasteiger partial charge in [0.2, 0.25) is 5.91 Å². The number of amides is 1. The van der Waals surface area contributed by atoms with Crippen LogP contribution in [0.1, 0.15) is 34.1 Å². The number of nitrogens with zero attached hydrogens (tertiary/aromatic N) is 2. The molecule has 1 heterocycles. The average Bonchev–Trinajstić information content (AvgIpc) is 2.34. The topological polar surface area (TPSA) is 35.6 Å². The van der Waals surface area contributed by atoms with Crippen LogP contribution in [0.5, 0.6) is 0 Å². The van der Waals surface area contributed by atoms with E-state index in [1.54, 1.807) is 0 Å². The van der Waals surface area contributed by atoms with Crippen molar-refractivity contribution >= 4 is 5.91 Å². The quantitative estimate of drug-likeness (QED) is 0.819. The Morgan fingerprint density at radius 1 is 1.44 bits per heavy atom. The van der Waals surface area contributed by atoms with E-state index in [4.69, 9.17) is 0 Å². The van der Waals surface area contributed by atoms with Gasteiger partial charge in [0.15, 0.2) is 0 Å². The summed E-state index contributed by atoms with van der Waals surface area (Å²) >= 11 is 0. The lowest BCUT2D eigenvalue weighted by molar-refractivity contribution is -0.140. The maximum Gasteiger partial charge on any atom is 0.241 e. The minimum Gasteiger partial charge on any atom is -0.336 e. The highest BCUT2D eigenvalue weighted by atomic mass is 16.2. The van der Waals surface area contributed by atoms with E-state index < -0.39 is 0 Å². The molecule has 1 fully saturated rings. The molecule has 0 aromatic rings. The number of hydrogen-bond donors (Lipinski definition) is 1. The molecule has 0 bridgehead atoms. The Hall–Kier alpha value is -0.610. The van der Waals surface area contributed by atoms with Crippen LogP contribution in [0.15, 0.2) is 0 Å². The van der Waals surface area contributed by atoms with Crippen molar-refractivity contribution in [3.05, 3.63) is 0 Å². The van der Waals surface area contributed by atoms with E-state index in [1.165, 1.54) is 0 Å². The van der Waals surface area contributed by atoms with Crippen molar-refractivity contribution in [1.82, 2.24) is 15.1 Å². The first-order valence-corrected chi connectivity index (χ1v) is 6.96. The van der Waals surface area contributed by atoms with E-state index in [0.29, 0.717) is 5.92 Å². The van der Waals surface area contributed by atoms with Crippen LogP contribution >= 0.6 is 0 Å². The van der Waals surface area contributed by atoms with E-state index in [2.05, 4.69) is 49.9 Å². The molecule has 0 aromatic heterocycles. The number of carbonyl (C=O) groups is 1. The standard InChI is InChI=1S/C14H29N3O/c1-11(2)10-17-13(18)12(9-15-5)16(6)8-7-14(17,3)4/h11-12,15H,7-10H2,1-6H3. The highest BCUT2D eigenvalue weighted by Gasteiger charge is 2.39. The molecule has 4 nitrogen and oxygen atoms in total. The summed E-state index contributed by atoms with van der Waals surface area (Å²) in [5, 5.41) is 3.14. The second-order valence-electron chi connectivity index (χ2n) is 6.46. The monoisotopic (exact) mass is 255 g/mol. The van der Waals surface area contributed by atoms with E-state index in [1.807, 2.05) is 7.05 Å². The van der Waals surface area contributed by atoms with Crippen molar-refractivity contribution in [3.8, 4) is 0 Å². The number of nitrogens with one attached hydrogen (secondary N) is 1. The third-order valence-corrected chi connectivity index (χ3v) is 3.84. The van der Waals surface area contributed by atoms with Gasteiger partial charge in [-0.3, -0.25) is 9.69 Å². The van der Waals surface area contributed by atoms with Gasteiger partial charge in [0.1, 0.15) is 6.04 Å². The van der Waals surface area contributed by atoms with Gasteiger partial charge in [-0.25, -0.2) is 0 Å². The Morgan fingerprint density at radius 3 is 2.56 bits per heavy atom. The van der Waals surface area contributed by atoms with Crippen LogP contribution in [0.2, 0.25) is 0 Å². The van der Waals surface area contributed by atoms with Crippen LogP contribution in [-0.4, -0.2) is 61.0 Å². The third-order valence-electron chi connectivity index (χ3n) is 3.84. The molecule has 1 amide bonds. The molecule has 0 aromatic carbocycles. The molecule has 1 saturated heterocycles. The molecular weight excluding hydrogens is 226 g/mol. The van der Waals surface area contributed by atoms with Crippen molar-refractivity contribution in [3.63, 3.8) is 0 Å². The number of carbonyl (C=O) groups excluding carboxylic acids is 1. The molecule has 1 atom stereocenters. The van der Waals surface area contributed by atoms with Crippen LogP contribution in [-0.2, 0) is 4.79 Å². The summed E-state index contributed by atoms with van der Waals surface area (Å²) in [5.41, 5.74) is -0.0435. The minimum atomic E-state index is -0.0435. The lowest BCUT2D eigenvalue weighted by Crippen LogP contribution is -2.54. The molecular formula is C14H29N3O. The molecule has 106 valence electrons. The summed E-state index contributed by atoms with van der Waals surface area (Å²) in [6, 6.07) is -0.0319. The summed E-state index contributed by atoms with van der Waals surface area (Å²) in [5.74, 6) is 0.773. The van der Waals surface area contributed by atoms with Gasteiger partial charge < -0.3 is 10.2 Å². The molecule has 0 radical (unpaired) electrons. The molecule has 18 heavy (non-hydrogen) atoms. The molecule has 1 aliphatic rings. The first kappa shape index (κ1) is 15.4. The fraction of sp³-hybridized carbons (Fsp3) is 0.929. The minimum absolute atomic E-state index is 0.0319. The maximum absolute atomic E-state index is 12.7. The van der Waals surface area contributed by atoms with Crippen LogP contribution < -0.4 is 5.32 Å². The zero-order valence-electron chi connectivity index (χ0n) is 12.8. The number of likely N-dealkylation sites (N-methyl/N-ethyl adjacent to an activating group) is 2. The second kappa shape index (κ2) is 6.02. The van der Waals surface area contributed by atoms with Gasteiger partial charge >= 0.3 is 0 Å². The third kappa shape index (κ3) is 3.45. The lowest BCUT2D eigenvalue weighted by Gasteiger charge is -2.39. The first-order valence-electron chi connectivity index (χ1n) is 6.96. The van der Waals surface area contributed by atoms with Crippen molar-refractivity contribution < 1.29 is 4.79 Å². The Labute approximate surface area is 112 Å². The summed E-state index contributed by atoms with van der Waals surface area (Å²) in [7, 11) is 3.96. The van der Waals surface area contributed by atoms with Crippen molar-refractivity contribution in [1.29, 1.82) is 0 Å². The van der Waals surface area contributed by atoms with Crippen molar-refractivity contribution in [2.24, 2.45) is 5.92 Å². The molecule has 4 heteroatoms. The zero-order chi connectivity index (χ0) is 13.9. The lowest BCUT2D eigenvalue weighted by atomic mass is 9.97. The molecule has 1 unspecified atom stereocenters. The largest absolute Gasteiger partial charge is 0.336 e. The Kier molecular flexibility index (Phi) is 5.17. The highest BCUT2D eigenvalue weighted by molar-refractivity contribution is 5.83. The summed E-state index contributed by atoms with van der Waals surface area (Å²) in [6.07, 6.45) is 1.03. The van der Waals surface area contributed by atoms with E-state index >= 15 is 0 Å². The van der Waals surface area contributed by atoms with E-state index in [0.717, 1.165) is 26.1 Å². The normalized spacial score (nSPS) is 25.6. The molecule has 0 saturated carbocycles. The maximum atomic E-state index is 12.7. The van der Waals surface area contributed by atoms with Gasteiger partial charge in [0, 0.05) is 25.2 Å². The van der Waals surface area contributed by atoms with Crippen LogP contribution in [0.3, 0.4) is 0 Å². The Bertz CT molecular complexity index is 289. The van der Waals surface area contributed by atoms with E-state index in [-0.39, 0.29) is 17.5 Å². The van der Waals surface area contributed by atoms with Crippen LogP contribution in [0.4, 0.5) is 0 Å². The molecule has 0 aliphatic carbocycles. The molecule has 1 rings (SSSR count). The summed E-state index contributed by atoms with van der Waals surface area (Å²) in [4.78, 5) is 17.0.